The van der Waals surface area contributed by atoms with Crippen molar-refractivity contribution < 1.29 is 14.7 Å². The van der Waals surface area contributed by atoms with Crippen LogP contribution in [-0.2, 0) is 4.79 Å². The van der Waals surface area contributed by atoms with Gasteiger partial charge in [-0.25, -0.2) is 4.79 Å². The fraction of sp³-hybridized carbons (Fsp3) is 0.833. The lowest BCUT2D eigenvalue weighted by atomic mass is 9.82. The van der Waals surface area contributed by atoms with E-state index in [1.54, 1.807) is 0 Å². The molecule has 1 aliphatic rings. The molecule has 0 aliphatic heterocycles. The molecule has 0 aromatic heterocycles. The second-order valence-electron chi connectivity index (χ2n) is 4.95. The summed E-state index contributed by atoms with van der Waals surface area (Å²) < 4.78 is 0. The topological polar surface area (TPSA) is 78.4 Å². The number of hydrogen-bond acceptors (Lipinski definition) is 2. The Bertz CT molecular complexity index is 275. The van der Waals surface area contributed by atoms with E-state index in [-0.39, 0.29) is 18.6 Å². The predicted molar refractivity (Wildman–Crippen MR) is 64.8 cm³/mol. The molecule has 17 heavy (non-hydrogen) atoms. The fourth-order valence-electron chi connectivity index (χ4n) is 2.13. The Hall–Kier alpha value is -1.26. The maximum Gasteiger partial charge on any atom is 0.315 e. The molecule has 0 bridgehead atoms. The van der Waals surface area contributed by atoms with Gasteiger partial charge in [-0.15, -0.1) is 0 Å². The van der Waals surface area contributed by atoms with Crippen LogP contribution in [-0.4, -0.2) is 29.7 Å². The van der Waals surface area contributed by atoms with E-state index in [1.807, 2.05) is 6.92 Å². The largest absolute Gasteiger partial charge is 0.481 e. The highest BCUT2D eigenvalue weighted by Gasteiger charge is 2.26. The van der Waals surface area contributed by atoms with Gasteiger partial charge >= 0.3 is 12.0 Å². The zero-order chi connectivity index (χ0) is 12.8. The fourth-order valence-corrected chi connectivity index (χ4v) is 2.13. The van der Waals surface area contributed by atoms with Crippen LogP contribution in [0, 0.1) is 11.8 Å². The van der Waals surface area contributed by atoms with Crippen molar-refractivity contribution in [2.45, 2.75) is 45.6 Å². The second-order valence-corrected chi connectivity index (χ2v) is 4.95. The molecule has 3 N–H and O–H groups in total. The molecule has 1 atom stereocenters. The van der Waals surface area contributed by atoms with E-state index in [0.29, 0.717) is 12.3 Å². The summed E-state index contributed by atoms with van der Waals surface area (Å²) in [5.41, 5.74) is 0. The lowest BCUT2D eigenvalue weighted by Crippen LogP contribution is -2.49. The summed E-state index contributed by atoms with van der Waals surface area (Å²) in [7, 11) is 0. The van der Waals surface area contributed by atoms with E-state index in [2.05, 4.69) is 17.6 Å². The number of carbonyl (C=O) groups is 2. The van der Waals surface area contributed by atoms with Gasteiger partial charge in [0.05, 0.1) is 5.92 Å². The number of carbonyl (C=O) groups excluding carboxylic acids is 1. The van der Waals surface area contributed by atoms with Crippen LogP contribution in [0.4, 0.5) is 4.79 Å². The monoisotopic (exact) mass is 242 g/mol. The maximum absolute atomic E-state index is 11.5. The molecule has 1 saturated carbocycles. The van der Waals surface area contributed by atoms with Gasteiger partial charge in [0, 0.05) is 12.6 Å². The highest BCUT2D eigenvalue weighted by molar-refractivity contribution is 5.76. The molecule has 0 heterocycles. The predicted octanol–water partition coefficient (Wildman–Crippen LogP) is 1.58. The third-order valence-electron chi connectivity index (χ3n) is 3.20. The first kappa shape index (κ1) is 13.8. The SMILES string of the molecule is CCCC(CNC(=O)NC1CC(C)C1)C(=O)O. The van der Waals surface area contributed by atoms with Crippen LogP contribution >= 0.6 is 0 Å². The Labute approximate surface area is 102 Å². The van der Waals surface area contributed by atoms with Crippen molar-refractivity contribution in [2.24, 2.45) is 11.8 Å². The molecule has 0 radical (unpaired) electrons. The first-order valence-electron chi connectivity index (χ1n) is 6.30. The van der Waals surface area contributed by atoms with Crippen molar-refractivity contribution in [1.82, 2.24) is 10.6 Å². The molecule has 1 fully saturated rings. The van der Waals surface area contributed by atoms with Crippen molar-refractivity contribution >= 4 is 12.0 Å². The average Bonchev–Trinajstić information content (AvgIpc) is 2.21. The number of amides is 2. The van der Waals surface area contributed by atoms with Gasteiger partial charge in [0.15, 0.2) is 0 Å². The van der Waals surface area contributed by atoms with Gasteiger partial charge < -0.3 is 15.7 Å². The molecular weight excluding hydrogens is 220 g/mol. The minimum Gasteiger partial charge on any atom is -0.481 e. The minimum atomic E-state index is -0.843. The van der Waals surface area contributed by atoms with Crippen LogP contribution in [0.5, 0.6) is 0 Å². The Balaban J connectivity index is 2.19. The highest BCUT2D eigenvalue weighted by Crippen LogP contribution is 2.25. The normalized spacial score (nSPS) is 24.6. The molecule has 1 aliphatic carbocycles. The van der Waals surface area contributed by atoms with Crippen molar-refractivity contribution in [3.05, 3.63) is 0 Å². The molecule has 0 saturated heterocycles. The number of hydrogen-bond donors (Lipinski definition) is 3. The molecule has 2 amide bonds. The standard InChI is InChI=1S/C12H22N2O3/c1-3-4-9(11(15)16)7-13-12(17)14-10-5-8(2)6-10/h8-10H,3-7H2,1-2H3,(H,15,16)(H2,13,14,17). The number of carboxylic acid groups (broad SMARTS) is 1. The Kier molecular flexibility index (Phi) is 5.25. The first-order chi connectivity index (χ1) is 8.02. The summed E-state index contributed by atoms with van der Waals surface area (Å²) in [6.07, 6.45) is 3.44. The Morgan fingerprint density at radius 2 is 2.06 bits per heavy atom. The van der Waals surface area contributed by atoms with Gasteiger partial charge in [-0.05, 0) is 25.2 Å². The van der Waals surface area contributed by atoms with Gasteiger partial charge in [-0.2, -0.15) is 0 Å². The molecule has 5 heteroatoms. The van der Waals surface area contributed by atoms with Gasteiger partial charge in [-0.1, -0.05) is 20.3 Å². The highest BCUT2D eigenvalue weighted by atomic mass is 16.4. The Morgan fingerprint density at radius 3 is 2.53 bits per heavy atom. The third kappa shape index (κ3) is 4.63. The lowest BCUT2D eigenvalue weighted by molar-refractivity contribution is -0.141. The molecular formula is C12H22N2O3. The molecule has 0 spiro atoms. The third-order valence-corrected chi connectivity index (χ3v) is 3.20. The smallest absolute Gasteiger partial charge is 0.315 e. The van der Waals surface area contributed by atoms with E-state index in [0.717, 1.165) is 19.3 Å². The van der Waals surface area contributed by atoms with Gasteiger partial charge in [0.1, 0.15) is 0 Å². The van der Waals surface area contributed by atoms with Gasteiger partial charge in [0.25, 0.3) is 0 Å². The molecule has 1 unspecified atom stereocenters. The summed E-state index contributed by atoms with van der Waals surface area (Å²) in [5.74, 6) is -0.636. The average molecular weight is 242 g/mol. The molecule has 0 aromatic carbocycles. The van der Waals surface area contributed by atoms with Crippen molar-refractivity contribution in [3.63, 3.8) is 0 Å². The number of urea groups is 1. The van der Waals surface area contributed by atoms with Crippen LogP contribution in [0.1, 0.15) is 39.5 Å². The zero-order valence-electron chi connectivity index (χ0n) is 10.5. The summed E-state index contributed by atoms with van der Waals surface area (Å²) in [6, 6.07) is 0.0173. The minimum absolute atomic E-state index is 0.206. The van der Waals surface area contributed by atoms with Crippen molar-refractivity contribution in [1.29, 1.82) is 0 Å². The summed E-state index contributed by atoms with van der Waals surface area (Å²) >= 11 is 0. The number of nitrogens with one attached hydrogen (secondary N) is 2. The van der Waals surface area contributed by atoms with Crippen LogP contribution in [0.2, 0.25) is 0 Å². The lowest BCUT2D eigenvalue weighted by Gasteiger charge is -2.33. The van der Waals surface area contributed by atoms with Crippen molar-refractivity contribution in [2.75, 3.05) is 6.54 Å². The van der Waals surface area contributed by atoms with E-state index in [9.17, 15) is 9.59 Å². The van der Waals surface area contributed by atoms with Crippen LogP contribution in [0.25, 0.3) is 0 Å². The van der Waals surface area contributed by atoms with E-state index in [4.69, 9.17) is 5.11 Å². The summed E-state index contributed by atoms with van der Waals surface area (Å²) in [6.45, 7) is 4.29. The number of carboxylic acids is 1. The molecule has 5 nitrogen and oxygen atoms in total. The van der Waals surface area contributed by atoms with Crippen LogP contribution in [0.3, 0.4) is 0 Å². The molecule has 1 rings (SSSR count). The van der Waals surface area contributed by atoms with Crippen molar-refractivity contribution in [3.8, 4) is 0 Å². The zero-order valence-corrected chi connectivity index (χ0v) is 10.5. The van der Waals surface area contributed by atoms with E-state index in [1.165, 1.54) is 0 Å². The Morgan fingerprint density at radius 1 is 1.41 bits per heavy atom. The maximum atomic E-state index is 11.5. The van der Waals surface area contributed by atoms with Gasteiger partial charge in [-0.3, -0.25) is 4.79 Å². The van der Waals surface area contributed by atoms with Crippen LogP contribution < -0.4 is 10.6 Å². The molecule has 98 valence electrons. The quantitative estimate of drug-likeness (QED) is 0.661. The summed E-state index contributed by atoms with van der Waals surface area (Å²) in [4.78, 5) is 22.3. The van der Waals surface area contributed by atoms with E-state index < -0.39 is 11.9 Å². The second kappa shape index (κ2) is 6.47. The van der Waals surface area contributed by atoms with Gasteiger partial charge in [0.2, 0.25) is 0 Å². The first-order valence-corrected chi connectivity index (χ1v) is 6.30. The van der Waals surface area contributed by atoms with E-state index >= 15 is 0 Å². The summed E-state index contributed by atoms with van der Waals surface area (Å²) in [5, 5.41) is 14.4. The number of aliphatic carboxylic acids is 1. The molecule has 0 aromatic rings. The number of rotatable bonds is 6. The van der Waals surface area contributed by atoms with Crippen LogP contribution in [0.15, 0.2) is 0 Å².